The Morgan fingerprint density at radius 3 is 2.58 bits per heavy atom. The van der Waals surface area contributed by atoms with Gasteiger partial charge in [-0.05, 0) is 84.9 Å². The highest BCUT2D eigenvalue weighted by atomic mass is 35.5. The van der Waals surface area contributed by atoms with Crippen LogP contribution in [0.5, 0.6) is 5.75 Å². The monoisotopic (exact) mass is 539 g/mol. The van der Waals surface area contributed by atoms with Crippen LogP contribution in [0.25, 0.3) is 10.8 Å². The first kappa shape index (κ1) is 26.4. The van der Waals surface area contributed by atoms with E-state index in [1.807, 2.05) is 18.2 Å². The Kier molecular flexibility index (Phi) is 8.12. The van der Waals surface area contributed by atoms with Gasteiger partial charge in [-0.15, -0.1) is 0 Å². The SMILES string of the molecule is O=C(N[C@H](CN1CCC1)[C@H](O)c1ccc(OC2CC2)c(Cl)c1)/C(CCc1ccc2cc(F)ccc2c1)=N/O. The molecule has 7 nitrogen and oxygen atoms in total. The number of aliphatic hydroxyl groups is 1. The first-order valence-electron chi connectivity index (χ1n) is 13.0. The quantitative estimate of drug-likeness (QED) is 0.184. The Labute approximate surface area is 225 Å². The van der Waals surface area contributed by atoms with Crippen LogP contribution in [0.4, 0.5) is 4.39 Å². The normalized spacial score (nSPS) is 17.6. The van der Waals surface area contributed by atoms with Gasteiger partial charge in [0.25, 0.3) is 5.91 Å². The van der Waals surface area contributed by atoms with Crippen molar-refractivity contribution in [3.8, 4) is 5.75 Å². The van der Waals surface area contributed by atoms with E-state index < -0.39 is 18.1 Å². The fraction of sp³-hybridized carbons (Fsp3) is 0.379. The fourth-order valence-electron chi connectivity index (χ4n) is 4.61. The van der Waals surface area contributed by atoms with Gasteiger partial charge in [-0.3, -0.25) is 4.79 Å². The molecule has 0 radical (unpaired) electrons. The highest BCUT2D eigenvalue weighted by Crippen LogP contribution is 2.34. The van der Waals surface area contributed by atoms with Gasteiger partial charge in [0.2, 0.25) is 0 Å². The second-order valence-corrected chi connectivity index (χ2v) is 10.5. The molecule has 9 heteroatoms. The molecule has 3 N–H and O–H groups in total. The van der Waals surface area contributed by atoms with Crippen molar-refractivity contribution in [3.05, 3.63) is 76.6 Å². The van der Waals surface area contributed by atoms with E-state index in [1.54, 1.807) is 24.3 Å². The smallest absolute Gasteiger partial charge is 0.269 e. The first-order valence-corrected chi connectivity index (χ1v) is 13.3. The van der Waals surface area contributed by atoms with Crippen LogP contribution in [0.3, 0.4) is 0 Å². The number of fused-ring (bicyclic) bond motifs is 1. The zero-order chi connectivity index (χ0) is 26.6. The molecule has 38 heavy (non-hydrogen) atoms. The molecule has 3 aromatic carbocycles. The minimum absolute atomic E-state index is 0.0313. The molecule has 2 aliphatic rings. The summed E-state index contributed by atoms with van der Waals surface area (Å²) in [6, 6.07) is 14.8. The minimum Gasteiger partial charge on any atom is -0.489 e. The third-order valence-corrected chi connectivity index (χ3v) is 7.41. The Hall–Kier alpha value is -3.20. The van der Waals surface area contributed by atoms with Crippen molar-refractivity contribution in [2.45, 2.75) is 50.4 Å². The van der Waals surface area contributed by atoms with Crippen LogP contribution >= 0.6 is 11.6 Å². The summed E-state index contributed by atoms with van der Waals surface area (Å²) in [5.74, 6) is -0.252. The molecule has 200 valence electrons. The Morgan fingerprint density at radius 1 is 1.13 bits per heavy atom. The second kappa shape index (κ2) is 11.7. The summed E-state index contributed by atoms with van der Waals surface area (Å²) in [5, 5.41) is 29.1. The lowest BCUT2D eigenvalue weighted by Crippen LogP contribution is -2.52. The van der Waals surface area contributed by atoms with Crippen molar-refractivity contribution in [2.75, 3.05) is 19.6 Å². The maximum Gasteiger partial charge on any atom is 0.269 e. The van der Waals surface area contributed by atoms with Crippen LogP contribution in [0.1, 0.15) is 42.9 Å². The standard InChI is InChI=1S/C29H31ClFN3O4/c30-24-16-21(6-11-27(24)38-23-8-9-23)28(35)26(17-34-12-1-13-34)32-29(36)25(33-37)10-3-18-2-4-20-15-22(31)7-5-19(20)14-18/h2,4-7,11,14-16,23,26,28,35,37H,1,3,8-10,12-13,17H2,(H,32,36)/b33-25+/t26-,28-/m1/s1. The van der Waals surface area contributed by atoms with E-state index in [0.717, 1.165) is 48.7 Å². The van der Waals surface area contributed by atoms with Gasteiger partial charge in [0.05, 0.1) is 17.2 Å². The number of aliphatic hydroxyl groups excluding tert-OH is 1. The maximum absolute atomic E-state index is 13.5. The number of oxime groups is 1. The molecular weight excluding hydrogens is 509 g/mol. The number of ether oxygens (including phenoxy) is 1. The van der Waals surface area contributed by atoms with Gasteiger partial charge < -0.3 is 25.3 Å². The molecule has 2 atom stereocenters. The number of likely N-dealkylation sites (tertiary alicyclic amines) is 1. The van der Waals surface area contributed by atoms with Crippen molar-refractivity contribution in [1.82, 2.24) is 10.2 Å². The number of amides is 1. The van der Waals surface area contributed by atoms with E-state index in [-0.39, 0.29) is 24.1 Å². The highest BCUT2D eigenvalue weighted by molar-refractivity contribution is 6.38. The molecule has 1 saturated carbocycles. The number of hydrogen-bond donors (Lipinski definition) is 3. The van der Waals surface area contributed by atoms with Gasteiger partial charge in [0, 0.05) is 13.0 Å². The topological polar surface area (TPSA) is 94.4 Å². The van der Waals surface area contributed by atoms with Crippen LogP contribution in [0.15, 0.2) is 59.8 Å². The van der Waals surface area contributed by atoms with Gasteiger partial charge in [0.15, 0.2) is 0 Å². The first-order chi connectivity index (χ1) is 18.4. The second-order valence-electron chi connectivity index (χ2n) is 10.1. The number of hydrogen-bond acceptors (Lipinski definition) is 6. The summed E-state index contributed by atoms with van der Waals surface area (Å²) in [5.41, 5.74) is 1.47. The Bertz CT molecular complexity index is 1340. The molecule has 5 rings (SSSR count). The zero-order valence-corrected chi connectivity index (χ0v) is 21.7. The largest absolute Gasteiger partial charge is 0.489 e. The predicted octanol–water partition coefficient (Wildman–Crippen LogP) is 4.86. The summed E-state index contributed by atoms with van der Waals surface area (Å²) in [6.45, 7) is 2.23. The average molecular weight is 540 g/mol. The van der Waals surface area contributed by atoms with Crippen LogP contribution in [0, 0.1) is 5.82 Å². The number of benzene rings is 3. The molecule has 1 amide bonds. The molecule has 2 fully saturated rings. The number of nitrogens with one attached hydrogen (secondary N) is 1. The number of carbonyl (C=O) groups is 1. The van der Waals surface area contributed by atoms with E-state index in [9.17, 15) is 19.5 Å². The summed E-state index contributed by atoms with van der Waals surface area (Å²) in [4.78, 5) is 15.3. The molecule has 1 aliphatic heterocycles. The van der Waals surface area contributed by atoms with Crippen LogP contribution in [-0.2, 0) is 11.2 Å². The highest BCUT2D eigenvalue weighted by Gasteiger charge is 2.30. The molecule has 0 spiro atoms. The van der Waals surface area contributed by atoms with Gasteiger partial charge in [0.1, 0.15) is 23.4 Å². The van der Waals surface area contributed by atoms with Gasteiger partial charge in [-0.1, -0.05) is 47.1 Å². The van der Waals surface area contributed by atoms with Crippen molar-refractivity contribution < 1.29 is 24.2 Å². The average Bonchev–Trinajstić information content (AvgIpc) is 3.70. The molecule has 0 bridgehead atoms. The van der Waals surface area contributed by atoms with E-state index in [0.29, 0.717) is 29.3 Å². The van der Waals surface area contributed by atoms with Crippen LogP contribution in [0.2, 0.25) is 5.02 Å². The zero-order valence-electron chi connectivity index (χ0n) is 20.9. The number of halogens is 2. The molecular formula is C29H31ClFN3O4. The number of rotatable bonds is 11. The van der Waals surface area contributed by atoms with Gasteiger partial charge in [-0.25, -0.2) is 4.39 Å². The van der Waals surface area contributed by atoms with Crippen LogP contribution < -0.4 is 10.1 Å². The molecule has 3 aromatic rings. The van der Waals surface area contributed by atoms with E-state index in [2.05, 4.69) is 15.4 Å². The minimum atomic E-state index is -1.02. The van der Waals surface area contributed by atoms with E-state index >= 15 is 0 Å². The van der Waals surface area contributed by atoms with Crippen molar-refractivity contribution in [1.29, 1.82) is 0 Å². The van der Waals surface area contributed by atoms with Crippen molar-refractivity contribution in [3.63, 3.8) is 0 Å². The third-order valence-electron chi connectivity index (χ3n) is 7.12. The predicted molar refractivity (Wildman–Crippen MR) is 144 cm³/mol. The van der Waals surface area contributed by atoms with Gasteiger partial charge in [-0.2, -0.15) is 0 Å². The molecule has 1 saturated heterocycles. The van der Waals surface area contributed by atoms with E-state index in [4.69, 9.17) is 16.3 Å². The third kappa shape index (κ3) is 6.43. The molecule has 0 unspecified atom stereocenters. The Balaban J connectivity index is 1.25. The van der Waals surface area contributed by atoms with Gasteiger partial charge >= 0.3 is 0 Å². The summed E-state index contributed by atoms with van der Waals surface area (Å²) >= 11 is 6.41. The summed E-state index contributed by atoms with van der Waals surface area (Å²) < 4.78 is 19.3. The lowest BCUT2D eigenvalue weighted by atomic mass is 9.99. The summed E-state index contributed by atoms with van der Waals surface area (Å²) in [7, 11) is 0. The Morgan fingerprint density at radius 2 is 1.89 bits per heavy atom. The van der Waals surface area contributed by atoms with Crippen LogP contribution in [-0.4, -0.2) is 58.6 Å². The summed E-state index contributed by atoms with van der Waals surface area (Å²) in [6.07, 6.45) is 2.93. The number of nitrogens with zero attached hydrogens (tertiary/aromatic N) is 2. The number of aryl methyl sites for hydroxylation is 1. The van der Waals surface area contributed by atoms with E-state index in [1.165, 1.54) is 12.1 Å². The fourth-order valence-corrected chi connectivity index (χ4v) is 4.84. The number of carbonyl (C=O) groups excluding carboxylic acids is 1. The van der Waals surface area contributed by atoms with Crippen molar-refractivity contribution >= 4 is 34.0 Å². The lowest BCUT2D eigenvalue weighted by Gasteiger charge is -2.36. The molecule has 1 aliphatic carbocycles. The maximum atomic E-state index is 13.5. The van der Waals surface area contributed by atoms with Crippen molar-refractivity contribution in [2.24, 2.45) is 5.16 Å². The lowest BCUT2D eigenvalue weighted by molar-refractivity contribution is -0.116. The molecule has 0 aromatic heterocycles. The molecule has 1 heterocycles.